The van der Waals surface area contributed by atoms with Crippen LogP contribution in [0.25, 0.3) is 0 Å². The van der Waals surface area contributed by atoms with Gasteiger partial charge in [-0.25, -0.2) is 13.6 Å². The Morgan fingerprint density at radius 2 is 2.28 bits per heavy atom. The number of benzene rings is 1. The molecule has 1 heterocycles. The number of phenolic OH excluding ortho intramolecular Hbond substituents is 1. The lowest BCUT2D eigenvalue weighted by Crippen LogP contribution is -2.49. The molecular formula is C11H11F2NO4. The van der Waals surface area contributed by atoms with E-state index in [1.165, 1.54) is 25.3 Å². The summed E-state index contributed by atoms with van der Waals surface area (Å²) in [5.41, 5.74) is 0.131. The first-order valence-corrected chi connectivity index (χ1v) is 5.12. The Morgan fingerprint density at radius 1 is 1.56 bits per heavy atom. The molecule has 0 bridgehead atoms. The van der Waals surface area contributed by atoms with E-state index in [2.05, 4.69) is 4.74 Å². The van der Waals surface area contributed by atoms with Crippen molar-refractivity contribution < 1.29 is 28.2 Å². The Bertz CT molecular complexity index is 478. The van der Waals surface area contributed by atoms with Crippen molar-refractivity contribution in [1.29, 1.82) is 0 Å². The van der Waals surface area contributed by atoms with Gasteiger partial charge >= 0.3 is 12.0 Å². The predicted octanol–water partition coefficient (Wildman–Crippen LogP) is 1.82. The quantitative estimate of drug-likeness (QED) is 0.850. The van der Waals surface area contributed by atoms with Crippen LogP contribution in [0.15, 0.2) is 18.2 Å². The van der Waals surface area contributed by atoms with Crippen LogP contribution in [-0.2, 0) is 4.74 Å². The molecule has 0 saturated carbocycles. The minimum Gasteiger partial charge on any atom is -0.504 e. The second-order valence-electron chi connectivity index (χ2n) is 3.85. The average Bonchev–Trinajstić information content (AvgIpc) is 2.33. The predicted molar refractivity (Wildman–Crippen MR) is 56.8 cm³/mol. The van der Waals surface area contributed by atoms with Crippen molar-refractivity contribution in [3.8, 4) is 11.5 Å². The van der Waals surface area contributed by atoms with Crippen LogP contribution in [0.2, 0.25) is 0 Å². The maximum atomic E-state index is 13.6. The highest BCUT2D eigenvalue weighted by Gasteiger charge is 2.46. The molecule has 98 valence electrons. The summed E-state index contributed by atoms with van der Waals surface area (Å²) in [7, 11) is 1.31. The number of hydrogen-bond donors (Lipinski definition) is 2. The van der Waals surface area contributed by atoms with Gasteiger partial charge in [-0.1, -0.05) is 6.07 Å². The van der Waals surface area contributed by atoms with E-state index in [1.807, 2.05) is 5.32 Å². The van der Waals surface area contributed by atoms with Crippen LogP contribution in [0.3, 0.4) is 0 Å². The van der Waals surface area contributed by atoms with Gasteiger partial charge in [0.05, 0.1) is 7.11 Å². The number of methoxy groups -OCH3 is 1. The van der Waals surface area contributed by atoms with Gasteiger partial charge in [0.2, 0.25) is 0 Å². The molecule has 0 aromatic heterocycles. The van der Waals surface area contributed by atoms with E-state index in [1.54, 1.807) is 0 Å². The lowest BCUT2D eigenvalue weighted by Gasteiger charge is -2.31. The molecule has 1 aromatic rings. The fraction of sp³-hybridized carbons (Fsp3) is 0.364. The molecule has 1 saturated heterocycles. The van der Waals surface area contributed by atoms with Gasteiger partial charge in [0.1, 0.15) is 6.04 Å². The number of ether oxygens (including phenoxy) is 2. The molecule has 1 aliphatic rings. The number of carbonyl (C=O) groups excluding carboxylic acids is 1. The summed E-state index contributed by atoms with van der Waals surface area (Å²) in [5.74, 6) is -3.33. The molecule has 7 heteroatoms. The van der Waals surface area contributed by atoms with Gasteiger partial charge in [0.15, 0.2) is 18.1 Å². The number of cyclic esters (lactones) is 1. The van der Waals surface area contributed by atoms with Crippen molar-refractivity contribution >= 4 is 6.09 Å². The van der Waals surface area contributed by atoms with Gasteiger partial charge in [0, 0.05) is 0 Å². The summed E-state index contributed by atoms with van der Waals surface area (Å²) in [6.45, 7) is -0.979. The topological polar surface area (TPSA) is 67.8 Å². The Morgan fingerprint density at radius 3 is 2.94 bits per heavy atom. The summed E-state index contributed by atoms with van der Waals surface area (Å²) in [6, 6.07) is 2.26. The van der Waals surface area contributed by atoms with Crippen molar-refractivity contribution in [2.45, 2.75) is 12.0 Å². The monoisotopic (exact) mass is 259 g/mol. The summed E-state index contributed by atoms with van der Waals surface area (Å²) < 4.78 is 36.3. The van der Waals surface area contributed by atoms with Crippen LogP contribution in [0, 0.1) is 0 Å². The smallest absolute Gasteiger partial charge is 0.408 e. The van der Waals surface area contributed by atoms with Crippen molar-refractivity contribution in [2.75, 3.05) is 13.7 Å². The minimum absolute atomic E-state index is 0.0593. The molecule has 1 amide bonds. The lowest BCUT2D eigenvalue weighted by atomic mass is 9.99. The summed E-state index contributed by atoms with van der Waals surface area (Å²) in [5, 5.41) is 11.4. The highest BCUT2D eigenvalue weighted by Crippen LogP contribution is 2.37. The van der Waals surface area contributed by atoms with Crippen LogP contribution in [0.4, 0.5) is 13.6 Å². The molecule has 1 aliphatic heterocycles. The molecule has 2 rings (SSSR count). The summed E-state index contributed by atoms with van der Waals surface area (Å²) in [4.78, 5) is 11.0. The summed E-state index contributed by atoms with van der Waals surface area (Å²) >= 11 is 0. The molecule has 18 heavy (non-hydrogen) atoms. The van der Waals surface area contributed by atoms with Crippen molar-refractivity contribution in [2.24, 2.45) is 0 Å². The lowest BCUT2D eigenvalue weighted by molar-refractivity contribution is -0.104. The van der Waals surface area contributed by atoms with Crippen LogP contribution in [0.1, 0.15) is 11.6 Å². The van der Waals surface area contributed by atoms with E-state index in [0.717, 1.165) is 0 Å². The number of nitrogens with one attached hydrogen (secondary N) is 1. The highest BCUT2D eigenvalue weighted by molar-refractivity contribution is 5.69. The van der Waals surface area contributed by atoms with E-state index >= 15 is 0 Å². The molecule has 5 nitrogen and oxygen atoms in total. The van der Waals surface area contributed by atoms with Crippen molar-refractivity contribution in [3.05, 3.63) is 23.8 Å². The number of phenols is 1. The third-order valence-corrected chi connectivity index (χ3v) is 2.62. The van der Waals surface area contributed by atoms with E-state index in [-0.39, 0.29) is 17.1 Å². The molecule has 1 atom stereocenters. The first-order chi connectivity index (χ1) is 8.44. The molecule has 0 spiro atoms. The zero-order chi connectivity index (χ0) is 13.3. The fourth-order valence-corrected chi connectivity index (χ4v) is 1.71. The SMILES string of the molecule is COc1cc([C@H]2NC(=O)OCC2(F)F)ccc1O. The van der Waals surface area contributed by atoms with Crippen LogP contribution >= 0.6 is 0 Å². The largest absolute Gasteiger partial charge is 0.504 e. The standard InChI is InChI=1S/C11H11F2NO4/c1-17-8-4-6(2-3-7(8)15)9-11(12,13)5-18-10(16)14-9/h2-4,9,15H,5H2,1H3,(H,14,16)/t9-/m1/s1. The summed E-state index contributed by atoms with van der Waals surface area (Å²) in [6.07, 6.45) is -0.905. The molecule has 0 aliphatic carbocycles. The Kier molecular flexibility index (Phi) is 2.98. The molecular weight excluding hydrogens is 248 g/mol. The van der Waals surface area contributed by atoms with Crippen molar-refractivity contribution in [1.82, 2.24) is 5.32 Å². The van der Waals surface area contributed by atoms with E-state index in [9.17, 15) is 18.7 Å². The Labute approximate surface area is 101 Å². The van der Waals surface area contributed by atoms with Gasteiger partial charge in [-0.05, 0) is 17.7 Å². The zero-order valence-electron chi connectivity index (χ0n) is 9.44. The van der Waals surface area contributed by atoms with E-state index in [0.29, 0.717) is 0 Å². The number of halogens is 2. The number of alkyl halides is 2. The Balaban J connectivity index is 2.37. The van der Waals surface area contributed by atoms with Crippen LogP contribution < -0.4 is 10.1 Å². The Hall–Kier alpha value is -2.05. The number of hydrogen-bond acceptors (Lipinski definition) is 4. The van der Waals surface area contributed by atoms with Gasteiger partial charge in [-0.3, -0.25) is 0 Å². The second kappa shape index (κ2) is 4.32. The van der Waals surface area contributed by atoms with E-state index < -0.39 is 24.7 Å². The molecule has 0 unspecified atom stereocenters. The maximum Gasteiger partial charge on any atom is 0.408 e. The van der Waals surface area contributed by atoms with Gasteiger partial charge < -0.3 is 19.9 Å². The number of amides is 1. The van der Waals surface area contributed by atoms with Crippen LogP contribution in [0.5, 0.6) is 11.5 Å². The normalized spacial score (nSPS) is 21.9. The maximum absolute atomic E-state index is 13.6. The third kappa shape index (κ3) is 2.15. The first kappa shape index (κ1) is 12.4. The van der Waals surface area contributed by atoms with Gasteiger partial charge in [0.25, 0.3) is 0 Å². The minimum atomic E-state index is -3.23. The number of carbonyl (C=O) groups is 1. The van der Waals surface area contributed by atoms with Gasteiger partial charge in [-0.15, -0.1) is 0 Å². The number of aromatic hydroxyl groups is 1. The zero-order valence-corrected chi connectivity index (χ0v) is 9.44. The number of rotatable bonds is 2. The number of alkyl carbamates (subject to hydrolysis) is 1. The first-order valence-electron chi connectivity index (χ1n) is 5.12. The molecule has 2 N–H and O–H groups in total. The van der Waals surface area contributed by atoms with E-state index in [4.69, 9.17) is 4.74 Å². The van der Waals surface area contributed by atoms with Crippen LogP contribution in [-0.4, -0.2) is 30.8 Å². The van der Waals surface area contributed by atoms with Crippen molar-refractivity contribution in [3.63, 3.8) is 0 Å². The second-order valence-corrected chi connectivity index (χ2v) is 3.85. The average molecular weight is 259 g/mol. The molecule has 1 aromatic carbocycles. The molecule has 1 fully saturated rings. The van der Waals surface area contributed by atoms with Gasteiger partial charge in [-0.2, -0.15) is 0 Å². The third-order valence-electron chi connectivity index (χ3n) is 2.62. The fourth-order valence-electron chi connectivity index (χ4n) is 1.71. The molecule has 0 radical (unpaired) electrons. The highest BCUT2D eigenvalue weighted by atomic mass is 19.3.